The lowest BCUT2D eigenvalue weighted by molar-refractivity contribution is 0.189. The Labute approximate surface area is 111 Å². The van der Waals surface area contributed by atoms with Gasteiger partial charge in [-0.1, -0.05) is 26.2 Å². The molecule has 1 aliphatic carbocycles. The molecular formula is C14H29NOS. The van der Waals surface area contributed by atoms with Crippen LogP contribution in [0.25, 0.3) is 0 Å². The van der Waals surface area contributed by atoms with Crippen molar-refractivity contribution in [1.82, 2.24) is 5.32 Å². The fraction of sp³-hybridized carbons (Fsp3) is 1.00. The predicted molar refractivity (Wildman–Crippen MR) is 77.9 cm³/mol. The molecule has 0 amide bonds. The molecule has 1 N–H and O–H groups in total. The molecule has 0 aromatic heterocycles. The van der Waals surface area contributed by atoms with Gasteiger partial charge in [-0.05, 0) is 32.2 Å². The van der Waals surface area contributed by atoms with Crippen molar-refractivity contribution >= 4 is 11.8 Å². The molecule has 2 nitrogen and oxygen atoms in total. The van der Waals surface area contributed by atoms with Gasteiger partial charge in [-0.3, -0.25) is 0 Å². The van der Waals surface area contributed by atoms with Crippen LogP contribution < -0.4 is 5.32 Å². The molecule has 1 rings (SSSR count). The zero-order chi connectivity index (χ0) is 12.3. The summed E-state index contributed by atoms with van der Waals surface area (Å²) in [7, 11) is 1.79. The van der Waals surface area contributed by atoms with Gasteiger partial charge in [0.25, 0.3) is 0 Å². The molecular weight excluding hydrogens is 230 g/mol. The van der Waals surface area contributed by atoms with Crippen LogP contribution in [-0.2, 0) is 4.74 Å². The van der Waals surface area contributed by atoms with E-state index in [1.807, 2.05) is 0 Å². The van der Waals surface area contributed by atoms with Gasteiger partial charge in [0, 0.05) is 30.8 Å². The number of methoxy groups -OCH3 is 1. The summed E-state index contributed by atoms with van der Waals surface area (Å²) in [6.45, 7) is 4.19. The van der Waals surface area contributed by atoms with Gasteiger partial charge in [-0.2, -0.15) is 11.8 Å². The van der Waals surface area contributed by atoms with Crippen LogP contribution in [0.3, 0.4) is 0 Å². The Morgan fingerprint density at radius 1 is 1.29 bits per heavy atom. The average molecular weight is 259 g/mol. The van der Waals surface area contributed by atoms with Crippen molar-refractivity contribution in [2.24, 2.45) is 0 Å². The van der Waals surface area contributed by atoms with Gasteiger partial charge in [0.1, 0.15) is 0 Å². The Morgan fingerprint density at radius 2 is 2.06 bits per heavy atom. The molecule has 0 spiro atoms. The van der Waals surface area contributed by atoms with E-state index in [9.17, 15) is 0 Å². The van der Waals surface area contributed by atoms with Crippen LogP contribution in [0.2, 0.25) is 0 Å². The smallest absolute Gasteiger partial charge is 0.0462 e. The van der Waals surface area contributed by atoms with E-state index < -0.39 is 0 Å². The molecule has 1 saturated carbocycles. The van der Waals surface area contributed by atoms with Crippen LogP contribution in [0.1, 0.15) is 51.9 Å². The number of nitrogens with one attached hydrogen (secondary N) is 1. The summed E-state index contributed by atoms with van der Waals surface area (Å²) in [5.41, 5.74) is 0. The van der Waals surface area contributed by atoms with Gasteiger partial charge in [0.15, 0.2) is 0 Å². The Bertz CT molecular complexity index is 172. The molecule has 1 unspecified atom stereocenters. The van der Waals surface area contributed by atoms with Gasteiger partial charge in [0.2, 0.25) is 0 Å². The van der Waals surface area contributed by atoms with Crippen LogP contribution in [0.15, 0.2) is 0 Å². The summed E-state index contributed by atoms with van der Waals surface area (Å²) in [4.78, 5) is 0. The Hall–Kier alpha value is 0.270. The first-order valence-corrected chi connectivity index (χ1v) is 8.25. The van der Waals surface area contributed by atoms with Gasteiger partial charge < -0.3 is 10.1 Å². The maximum absolute atomic E-state index is 5.13. The normalized spacial score (nSPS) is 19.4. The lowest BCUT2D eigenvalue weighted by atomic mass is 10.0. The molecule has 0 aromatic rings. The average Bonchev–Trinajstić information content (AvgIpc) is 2.37. The number of hydrogen-bond donors (Lipinski definition) is 1. The topological polar surface area (TPSA) is 21.3 Å². The summed E-state index contributed by atoms with van der Waals surface area (Å²) >= 11 is 2.20. The van der Waals surface area contributed by atoms with Crippen molar-refractivity contribution in [3.05, 3.63) is 0 Å². The minimum absolute atomic E-state index is 0.682. The van der Waals surface area contributed by atoms with Gasteiger partial charge in [-0.15, -0.1) is 0 Å². The third kappa shape index (κ3) is 7.32. The van der Waals surface area contributed by atoms with E-state index in [4.69, 9.17) is 4.74 Å². The number of hydrogen-bond acceptors (Lipinski definition) is 3. The minimum Gasteiger partial charge on any atom is -0.385 e. The van der Waals surface area contributed by atoms with Crippen molar-refractivity contribution in [2.45, 2.75) is 63.2 Å². The molecule has 17 heavy (non-hydrogen) atoms. The zero-order valence-electron chi connectivity index (χ0n) is 11.5. The highest BCUT2D eigenvalue weighted by Crippen LogP contribution is 2.28. The Kier molecular flexibility index (Phi) is 9.21. The molecule has 0 aromatic carbocycles. The highest BCUT2D eigenvalue weighted by atomic mass is 32.2. The predicted octanol–water partition coefficient (Wildman–Crippen LogP) is 3.46. The van der Waals surface area contributed by atoms with E-state index in [0.29, 0.717) is 6.04 Å². The van der Waals surface area contributed by atoms with E-state index in [0.717, 1.165) is 18.4 Å². The van der Waals surface area contributed by atoms with Crippen molar-refractivity contribution in [3.8, 4) is 0 Å². The second kappa shape index (κ2) is 10.2. The van der Waals surface area contributed by atoms with Crippen LogP contribution in [0.4, 0.5) is 0 Å². The molecule has 102 valence electrons. The lowest BCUT2D eigenvalue weighted by Gasteiger charge is -2.24. The van der Waals surface area contributed by atoms with Crippen LogP contribution in [-0.4, -0.2) is 37.3 Å². The summed E-state index contributed by atoms with van der Waals surface area (Å²) in [5.74, 6) is 1.28. The zero-order valence-corrected chi connectivity index (χ0v) is 12.4. The third-order valence-corrected chi connectivity index (χ3v) is 5.02. The highest BCUT2D eigenvalue weighted by molar-refractivity contribution is 7.99. The van der Waals surface area contributed by atoms with Crippen molar-refractivity contribution in [2.75, 3.05) is 26.0 Å². The molecule has 0 saturated heterocycles. The van der Waals surface area contributed by atoms with E-state index in [-0.39, 0.29) is 0 Å². The number of rotatable bonds is 9. The lowest BCUT2D eigenvalue weighted by Crippen LogP contribution is -2.32. The van der Waals surface area contributed by atoms with Crippen LogP contribution in [0.5, 0.6) is 0 Å². The monoisotopic (exact) mass is 259 g/mol. The summed E-state index contributed by atoms with van der Waals surface area (Å²) in [6, 6.07) is 0.682. The Balaban J connectivity index is 2.13. The first-order chi connectivity index (χ1) is 8.36. The van der Waals surface area contributed by atoms with Crippen LogP contribution in [0, 0.1) is 0 Å². The number of thioether (sulfide) groups is 1. The molecule has 1 fully saturated rings. The number of ether oxygens (including phenoxy) is 1. The second-order valence-electron chi connectivity index (χ2n) is 4.98. The van der Waals surface area contributed by atoms with E-state index in [1.165, 1.54) is 50.7 Å². The van der Waals surface area contributed by atoms with Crippen molar-refractivity contribution < 1.29 is 4.74 Å². The summed E-state index contributed by atoms with van der Waals surface area (Å²) in [5, 5.41) is 4.54. The standard InChI is InChI=1S/C14H29NOS/c1-3-15-13(8-7-11-16-2)12-17-14-9-5-4-6-10-14/h13-15H,3-12H2,1-2H3. The molecule has 1 aliphatic rings. The molecule has 0 heterocycles. The van der Waals surface area contributed by atoms with E-state index >= 15 is 0 Å². The second-order valence-corrected chi connectivity index (χ2v) is 6.32. The van der Waals surface area contributed by atoms with Crippen LogP contribution >= 0.6 is 11.8 Å². The van der Waals surface area contributed by atoms with Gasteiger partial charge in [-0.25, -0.2) is 0 Å². The van der Waals surface area contributed by atoms with Crippen molar-refractivity contribution in [1.29, 1.82) is 0 Å². The summed E-state index contributed by atoms with van der Waals surface area (Å²) in [6.07, 6.45) is 9.69. The molecule has 0 aliphatic heterocycles. The van der Waals surface area contributed by atoms with E-state index in [2.05, 4.69) is 24.0 Å². The quantitative estimate of drug-likeness (QED) is 0.641. The van der Waals surface area contributed by atoms with Crippen molar-refractivity contribution in [3.63, 3.8) is 0 Å². The maximum Gasteiger partial charge on any atom is 0.0462 e. The molecule has 0 bridgehead atoms. The third-order valence-electron chi connectivity index (χ3n) is 3.48. The largest absolute Gasteiger partial charge is 0.385 e. The first-order valence-electron chi connectivity index (χ1n) is 7.20. The SMILES string of the molecule is CCNC(CCCOC)CSC1CCCCC1. The fourth-order valence-corrected chi connectivity index (χ4v) is 3.95. The maximum atomic E-state index is 5.13. The molecule has 3 heteroatoms. The Morgan fingerprint density at radius 3 is 2.71 bits per heavy atom. The van der Waals surface area contributed by atoms with E-state index in [1.54, 1.807) is 7.11 Å². The minimum atomic E-state index is 0.682. The summed E-state index contributed by atoms with van der Waals surface area (Å²) < 4.78 is 5.13. The fourth-order valence-electron chi connectivity index (χ4n) is 2.49. The van der Waals surface area contributed by atoms with Gasteiger partial charge >= 0.3 is 0 Å². The molecule has 0 radical (unpaired) electrons. The van der Waals surface area contributed by atoms with Gasteiger partial charge in [0.05, 0.1) is 0 Å². The molecule has 1 atom stereocenters. The first kappa shape index (κ1) is 15.3. The highest BCUT2D eigenvalue weighted by Gasteiger charge is 2.16.